The van der Waals surface area contributed by atoms with Crippen molar-refractivity contribution in [1.82, 2.24) is 14.7 Å². The number of carbonyl (C=O) groups is 1. The number of alkyl halides is 2. The third-order valence-electron chi connectivity index (χ3n) is 4.85. The molecule has 1 heterocycles. The molecule has 0 radical (unpaired) electrons. The van der Waals surface area contributed by atoms with Gasteiger partial charge in [0.25, 0.3) is 0 Å². The molecule has 0 bridgehead atoms. The number of hydrogen-bond donors (Lipinski definition) is 0. The number of ether oxygens (including phenoxy) is 1. The Hall–Kier alpha value is -2.19. The summed E-state index contributed by atoms with van der Waals surface area (Å²) in [6, 6.07) is 1.57. The molecular formula is C21H34F2N4O3. The van der Waals surface area contributed by atoms with Gasteiger partial charge in [-0.05, 0) is 73.3 Å². The van der Waals surface area contributed by atoms with Gasteiger partial charge in [0, 0.05) is 25.2 Å². The van der Waals surface area contributed by atoms with Gasteiger partial charge in [-0.2, -0.15) is 13.9 Å². The zero-order valence-corrected chi connectivity index (χ0v) is 19.0. The highest BCUT2D eigenvalue weighted by atomic mass is 19.3. The second-order valence-electron chi connectivity index (χ2n) is 9.72. The SMILES string of the molecule is CN(C(=O)OC(C)(C)C)C1CCC(/C(=N/OC(C)(C)C)c2ccnn2C(F)F)CC1. The molecule has 1 amide bonds. The van der Waals surface area contributed by atoms with Crippen molar-refractivity contribution in [3.05, 3.63) is 18.0 Å². The number of hydrogen-bond acceptors (Lipinski definition) is 5. The van der Waals surface area contributed by atoms with E-state index in [1.165, 1.54) is 12.3 Å². The summed E-state index contributed by atoms with van der Waals surface area (Å²) in [4.78, 5) is 19.6. The predicted octanol–water partition coefficient (Wildman–Crippen LogP) is 5.22. The zero-order chi connectivity index (χ0) is 22.7. The van der Waals surface area contributed by atoms with E-state index < -0.39 is 17.8 Å². The van der Waals surface area contributed by atoms with Crippen LogP contribution in [0.1, 0.15) is 79.5 Å². The Labute approximate surface area is 177 Å². The molecule has 7 nitrogen and oxygen atoms in total. The minimum atomic E-state index is -2.76. The fourth-order valence-corrected chi connectivity index (χ4v) is 3.41. The lowest BCUT2D eigenvalue weighted by molar-refractivity contribution is -0.000941. The van der Waals surface area contributed by atoms with Crippen LogP contribution in [0.2, 0.25) is 0 Å². The fourth-order valence-electron chi connectivity index (χ4n) is 3.41. The van der Waals surface area contributed by atoms with Crippen LogP contribution in [0.4, 0.5) is 13.6 Å². The number of amides is 1. The molecule has 1 fully saturated rings. The van der Waals surface area contributed by atoms with Crippen molar-refractivity contribution in [2.24, 2.45) is 11.1 Å². The molecule has 170 valence electrons. The highest BCUT2D eigenvalue weighted by Crippen LogP contribution is 2.32. The van der Waals surface area contributed by atoms with Crippen LogP contribution in [0.5, 0.6) is 0 Å². The van der Waals surface area contributed by atoms with Crippen LogP contribution >= 0.6 is 0 Å². The second-order valence-corrected chi connectivity index (χ2v) is 9.72. The van der Waals surface area contributed by atoms with Crippen molar-refractivity contribution < 1.29 is 23.1 Å². The van der Waals surface area contributed by atoms with Gasteiger partial charge in [-0.3, -0.25) is 0 Å². The number of nitrogens with zero attached hydrogens (tertiary/aromatic N) is 4. The zero-order valence-electron chi connectivity index (χ0n) is 19.0. The van der Waals surface area contributed by atoms with Gasteiger partial charge >= 0.3 is 12.6 Å². The lowest BCUT2D eigenvalue weighted by atomic mass is 9.81. The van der Waals surface area contributed by atoms with E-state index in [0.29, 0.717) is 23.2 Å². The Morgan fingerprint density at radius 1 is 1.17 bits per heavy atom. The first-order valence-corrected chi connectivity index (χ1v) is 10.3. The minimum Gasteiger partial charge on any atom is -0.444 e. The Balaban J connectivity index is 2.15. The number of rotatable bonds is 5. The largest absolute Gasteiger partial charge is 0.444 e. The van der Waals surface area contributed by atoms with Crippen molar-refractivity contribution in [2.45, 2.75) is 91.0 Å². The molecular weight excluding hydrogens is 394 g/mol. The smallest absolute Gasteiger partial charge is 0.410 e. The molecule has 1 saturated carbocycles. The molecule has 1 aromatic heterocycles. The van der Waals surface area contributed by atoms with E-state index in [4.69, 9.17) is 9.57 Å². The first kappa shape index (κ1) is 24.1. The summed E-state index contributed by atoms with van der Waals surface area (Å²) in [5.41, 5.74) is -0.366. The molecule has 0 unspecified atom stereocenters. The Kier molecular flexibility index (Phi) is 7.47. The molecule has 0 atom stereocenters. The monoisotopic (exact) mass is 428 g/mol. The molecule has 0 N–H and O–H groups in total. The van der Waals surface area contributed by atoms with E-state index in [1.54, 1.807) is 11.9 Å². The van der Waals surface area contributed by atoms with E-state index in [1.807, 2.05) is 41.5 Å². The third-order valence-corrected chi connectivity index (χ3v) is 4.85. The van der Waals surface area contributed by atoms with Crippen molar-refractivity contribution in [3.8, 4) is 0 Å². The lowest BCUT2D eigenvalue weighted by Gasteiger charge is -2.35. The summed E-state index contributed by atoms with van der Waals surface area (Å²) in [7, 11) is 1.74. The third kappa shape index (κ3) is 6.67. The molecule has 0 spiro atoms. The molecule has 9 heteroatoms. The maximum Gasteiger partial charge on any atom is 0.410 e. The Bertz CT molecular complexity index is 742. The predicted molar refractivity (Wildman–Crippen MR) is 111 cm³/mol. The minimum absolute atomic E-state index is 0.0286. The fraction of sp³-hybridized carbons (Fsp3) is 0.762. The van der Waals surface area contributed by atoms with Crippen molar-refractivity contribution >= 4 is 11.8 Å². The van der Waals surface area contributed by atoms with Gasteiger partial charge in [-0.15, -0.1) is 0 Å². The van der Waals surface area contributed by atoms with E-state index in [2.05, 4.69) is 10.3 Å². The van der Waals surface area contributed by atoms with E-state index in [-0.39, 0.29) is 23.7 Å². The highest BCUT2D eigenvalue weighted by Gasteiger charge is 2.33. The van der Waals surface area contributed by atoms with Gasteiger partial charge in [0.1, 0.15) is 16.9 Å². The number of carbonyl (C=O) groups excluding carboxylic acids is 1. The average Bonchev–Trinajstić information content (AvgIpc) is 3.09. The summed E-state index contributed by atoms with van der Waals surface area (Å²) >= 11 is 0. The summed E-state index contributed by atoms with van der Waals surface area (Å²) in [5.74, 6) is -0.0650. The Morgan fingerprint density at radius 3 is 2.27 bits per heavy atom. The summed E-state index contributed by atoms with van der Waals surface area (Å²) in [5, 5.41) is 8.01. The maximum atomic E-state index is 13.4. The standard InChI is InChI=1S/C21H34F2N4O3/c1-20(2,3)29-19(28)26(7)15-10-8-14(9-11-15)17(25-30-21(4,5)6)16-12-13-24-27(16)18(22)23/h12-15,18H,8-11H2,1-7H3/b25-17-. The summed E-state index contributed by atoms with van der Waals surface area (Å²) in [6.45, 7) is 8.30. The van der Waals surface area contributed by atoms with Crippen LogP contribution in [0.15, 0.2) is 17.4 Å². The molecule has 0 saturated heterocycles. The highest BCUT2D eigenvalue weighted by molar-refractivity contribution is 6.00. The summed E-state index contributed by atoms with van der Waals surface area (Å²) < 4.78 is 32.9. The van der Waals surface area contributed by atoms with Gasteiger partial charge in [0.05, 0.1) is 5.69 Å². The van der Waals surface area contributed by atoms with Gasteiger partial charge < -0.3 is 14.5 Å². The van der Waals surface area contributed by atoms with Crippen LogP contribution in [0.25, 0.3) is 0 Å². The van der Waals surface area contributed by atoms with Gasteiger partial charge in [-0.1, -0.05) is 5.16 Å². The molecule has 1 aliphatic rings. The van der Waals surface area contributed by atoms with Crippen LogP contribution in [-0.4, -0.2) is 50.8 Å². The average molecular weight is 429 g/mol. The van der Waals surface area contributed by atoms with Gasteiger partial charge in [-0.25, -0.2) is 9.48 Å². The van der Waals surface area contributed by atoms with Crippen LogP contribution in [0.3, 0.4) is 0 Å². The number of oxime groups is 1. The van der Waals surface area contributed by atoms with E-state index in [9.17, 15) is 13.6 Å². The van der Waals surface area contributed by atoms with E-state index >= 15 is 0 Å². The maximum absolute atomic E-state index is 13.4. The molecule has 1 aromatic rings. The quantitative estimate of drug-likeness (QED) is 0.476. The van der Waals surface area contributed by atoms with Crippen LogP contribution in [-0.2, 0) is 9.57 Å². The van der Waals surface area contributed by atoms with Gasteiger partial charge in [0.15, 0.2) is 0 Å². The molecule has 1 aliphatic carbocycles. The molecule has 2 rings (SSSR count). The van der Waals surface area contributed by atoms with Crippen LogP contribution in [0, 0.1) is 5.92 Å². The van der Waals surface area contributed by atoms with Crippen molar-refractivity contribution in [3.63, 3.8) is 0 Å². The van der Waals surface area contributed by atoms with Crippen LogP contribution < -0.4 is 0 Å². The molecule has 30 heavy (non-hydrogen) atoms. The second kappa shape index (κ2) is 9.31. The summed E-state index contributed by atoms with van der Waals surface area (Å²) in [6.07, 6.45) is 3.81. The molecule has 0 aromatic carbocycles. The topological polar surface area (TPSA) is 69.0 Å². The van der Waals surface area contributed by atoms with Gasteiger partial charge in [0.2, 0.25) is 0 Å². The first-order chi connectivity index (χ1) is 13.8. The van der Waals surface area contributed by atoms with E-state index in [0.717, 1.165) is 12.8 Å². The molecule has 0 aliphatic heterocycles. The normalized spacial score (nSPS) is 20.9. The Morgan fingerprint density at radius 2 is 1.77 bits per heavy atom. The lowest BCUT2D eigenvalue weighted by Crippen LogP contribution is -2.43. The first-order valence-electron chi connectivity index (χ1n) is 10.3. The van der Waals surface area contributed by atoms with Crippen molar-refractivity contribution in [2.75, 3.05) is 7.05 Å². The number of aromatic nitrogens is 2. The van der Waals surface area contributed by atoms with Crippen molar-refractivity contribution in [1.29, 1.82) is 0 Å². The number of halogens is 2.